The van der Waals surface area contributed by atoms with Gasteiger partial charge in [-0.1, -0.05) is 13.8 Å². The van der Waals surface area contributed by atoms with Gasteiger partial charge in [-0.3, -0.25) is 0 Å². The maximum Gasteiger partial charge on any atom is 0.123 e. The van der Waals surface area contributed by atoms with Gasteiger partial charge in [0.15, 0.2) is 0 Å². The molecule has 0 saturated heterocycles. The number of nitrogens with zero attached hydrogens (tertiary/aromatic N) is 1. The fraction of sp³-hybridized carbons (Fsp3) is 0.556. The number of rotatable bonds is 6. The Morgan fingerprint density at radius 1 is 1.24 bits per heavy atom. The predicted molar refractivity (Wildman–Crippen MR) is 88.2 cm³/mol. The van der Waals surface area contributed by atoms with E-state index in [9.17, 15) is 0 Å². The van der Waals surface area contributed by atoms with E-state index in [4.69, 9.17) is 4.74 Å². The molecule has 1 aliphatic heterocycles. The van der Waals surface area contributed by atoms with E-state index in [0.29, 0.717) is 0 Å². The van der Waals surface area contributed by atoms with Crippen LogP contribution in [0.3, 0.4) is 0 Å². The van der Waals surface area contributed by atoms with Gasteiger partial charge in [0.05, 0.1) is 6.61 Å². The van der Waals surface area contributed by atoms with Gasteiger partial charge in [0.2, 0.25) is 0 Å². The summed E-state index contributed by atoms with van der Waals surface area (Å²) in [7, 11) is 0. The Balaban J connectivity index is 1.85. The molecular weight excluding hydrogens is 260 g/mol. The minimum Gasteiger partial charge on any atom is -0.493 e. The molecule has 3 nitrogen and oxygen atoms in total. The molecule has 1 aliphatic rings. The van der Waals surface area contributed by atoms with Gasteiger partial charge >= 0.3 is 0 Å². The summed E-state index contributed by atoms with van der Waals surface area (Å²) in [5, 5.41) is 1.42. The molecule has 3 rings (SSSR count). The normalized spacial score (nSPS) is 14.4. The highest BCUT2D eigenvalue weighted by Gasteiger charge is 2.17. The molecule has 1 aromatic heterocycles. The van der Waals surface area contributed by atoms with Crippen molar-refractivity contribution in [2.24, 2.45) is 0 Å². The summed E-state index contributed by atoms with van der Waals surface area (Å²) in [4.78, 5) is 5.97. The van der Waals surface area contributed by atoms with E-state index in [2.05, 4.69) is 42.1 Å². The average Bonchev–Trinajstić information content (AvgIpc) is 2.95. The summed E-state index contributed by atoms with van der Waals surface area (Å²) < 4.78 is 5.82. The number of ether oxygens (including phenoxy) is 1. The number of hydrogen-bond acceptors (Lipinski definition) is 2. The van der Waals surface area contributed by atoms with Crippen molar-refractivity contribution in [3.05, 3.63) is 29.5 Å². The van der Waals surface area contributed by atoms with Crippen LogP contribution in [0.15, 0.2) is 18.3 Å². The molecule has 0 atom stereocenters. The molecule has 21 heavy (non-hydrogen) atoms. The molecule has 0 saturated carbocycles. The molecule has 0 aliphatic carbocycles. The lowest BCUT2D eigenvalue weighted by atomic mass is 9.98. The van der Waals surface area contributed by atoms with Crippen LogP contribution in [-0.4, -0.2) is 36.1 Å². The quantitative estimate of drug-likeness (QED) is 0.875. The van der Waals surface area contributed by atoms with Crippen molar-refractivity contribution in [2.45, 2.75) is 39.5 Å². The highest BCUT2D eigenvalue weighted by Crippen LogP contribution is 2.34. The lowest BCUT2D eigenvalue weighted by Gasteiger charge is -2.20. The first kappa shape index (κ1) is 14.5. The molecule has 0 spiro atoms. The smallest absolute Gasteiger partial charge is 0.123 e. The maximum atomic E-state index is 5.82. The summed E-state index contributed by atoms with van der Waals surface area (Å²) in [6, 6.07) is 4.28. The van der Waals surface area contributed by atoms with Gasteiger partial charge in [-0.05, 0) is 56.5 Å². The molecule has 0 radical (unpaired) electrons. The Hall–Kier alpha value is -1.48. The van der Waals surface area contributed by atoms with E-state index in [1.165, 1.54) is 35.0 Å². The number of fused-ring (bicyclic) bond motifs is 3. The van der Waals surface area contributed by atoms with Crippen molar-refractivity contribution in [1.82, 2.24) is 9.88 Å². The fourth-order valence-electron chi connectivity index (χ4n) is 3.39. The van der Waals surface area contributed by atoms with E-state index in [0.717, 1.165) is 44.7 Å². The number of aromatic nitrogens is 1. The molecule has 3 heteroatoms. The lowest BCUT2D eigenvalue weighted by Crippen LogP contribution is -2.26. The van der Waals surface area contributed by atoms with Gasteiger partial charge in [-0.2, -0.15) is 0 Å². The molecular formula is C18H26N2O. The fourth-order valence-corrected chi connectivity index (χ4v) is 3.39. The standard InChI is InChI=1S/C18H26N2O/c1-3-10-20(4-2)11-9-14-13-19-16-7-8-17-15(18(14)16)6-5-12-21-17/h7-8,13,19H,3-6,9-12H2,1-2H3. The third-order valence-electron chi connectivity index (χ3n) is 4.51. The molecule has 1 aromatic carbocycles. The minimum atomic E-state index is 0.859. The Morgan fingerprint density at radius 3 is 2.95 bits per heavy atom. The number of aromatic amines is 1. The highest BCUT2D eigenvalue weighted by molar-refractivity contribution is 5.89. The third-order valence-corrected chi connectivity index (χ3v) is 4.51. The Bertz CT molecular complexity index is 603. The van der Waals surface area contributed by atoms with Crippen molar-refractivity contribution in [2.75, 3.05) is 26.2 Å². The summed E-state index contributed by atoms with van der Waals surface area (Å²) >= 11 is 0. The first-order valence-corrected chi connectivity index (χ1v) is 8.30. The second-order valence-corrected chi connectivity index (χ2v) is 5.92. The number of benzene rings is 1. The monoisotopic (exact) mass is 286 g/mol. The van der Waals surface area contributed by atoms with Crippen LogP contribution >= 0.6 is 0 Å². The van der Waals surface area contributed by atoms with E-state index < -0.39 is 0 Å². The zero-order valence-corrected chi connectivity index (χ0v) is 13.2. The van der Waals surface area contributed by atoms with Crippen LogP contribution in [0.5, 0.6) is 5.75 Å². The van der Waals surface area contributed by atoms with Crippen molar-refractivity contribution in [3.8, 4) is 5.75 Å². The van der Waals surface area contributed by atoms with E-state index >= 15 is 0 Å². The van der Waals surface area contributed by atoms with Crippen molar-refractivity contribution >= 4 is 10.9 Å². The first-order valence-electron chi connectivity index (χ1n) is 8.30. The second kappa shape index (κ2) is 6.52. The predicted octanol–water partition coefficient (Wildman–Crippen LogP) is 3.77. The van der Waals surface area contributed by atoms with Crippen molar-refractivity contribution in [3.63, 3.8) is 0 Å². The largest absolute Gasteiger partial charge is 0.493 e. The van der Waals surface area contributed by atoms with Crippen LogP contribution in [0.1, 0.15) is 37.8 Å². The molecule has 2 heterocycles. The average molecular weight is 286 g/mol. The maximum absolute atomic E-state index is 5.82. The minimum absolute atomic E-state index is 0.859. The van der Waals surface area contributed by atoms with Gasteiger partial charge in [-0.15, -0.1) is 0 Å². The van der Waals surface area contributed by atoms with Gasteiger partial charge < -0.3 is 14.6 Å². The summed E-state index contributed by atoms with van der Waals surface area (Å²) in [6.07, 6.45) is 6.81. The first-order chi connectivity index (χ1) is 10.3. The Kier molecular flexibility index (Phi) is 4.49. The second-order valence-electron chi connectivity index (χ2n) is 5.92. The van der Waals surface area contributed by atoms with Crippen molar-refractivity contribution in [1.29, 1.82) is 0 Å². The molecule has 0 bridgehead atoms. The summed E-state index contributed by atoms with van der Waals surface area (Å²) in [5.74, 6) is 1.09. The van der Waals surface area contributed by atoms with Crippen LogP contribution in [0.25, 0.3) is 10.9 Å². The highest BCUT2D eigenvalue weighted by atomic mass is 16.5. The van der Waals surface area contributed by atoms with E-state index in [-0.39, 0.29) is 0 Å². The number of aryl methyl sites for hydroxylation is 1. The van der Waals surface area contributed by atoms with Gasteiger partial charge in [0.25, 0.3) is 0 Å². The van der Waals surface area contributed by atoms with E-state index in [1.807, 2.05) is 0 Å². The molecule has 0 fully saturated rings. The molecule has 1 N–H and O–H groups in total. The zero-order valence-electron chi connectivity index (χ0n) is 13.2. The van der Waals surface area contributed by atoms with Crippen LogP contribution in [0.4, 0.5) is 0 Å². The zero-order chi connectivity index (χ0) is 14.7. The number of likely N-dealkylation sites (N-methyl/N-ethyl adjacent to an activating group) is 1. The van der Waals surface area contributed by atoms with Gasteiger partial charge in [0, 0.05) is 29.2 Å². The summed E-state index contributed by atoms with van der Waals surface area (Å²) in [6.45, 7) is 8.83. The third kappa shape index (κ3) is 2.93. The Morgan fingerprint density at radius 2 is 2.14 bits per heavy atom. The molecule has 0 unspecified atom stereocenters. The van der Waals surface area contributed by atoms with Crippen molar-refractivity contribution < 1.29 is 4.74 Å². The van der Waals surface area contributed by atoms with E-state index in [1.54, 1.807) is 0 Å². The molecule has 114 valence electrons. The topological polar surface area (TPSA) is 28.3 Å². The number of hydrogen-bond donors (Lipinski definition) is 1. The van der Waals surface area contributed by atoms with Gasteiger partial charge in [-0.25, -0.2) is 0 Å². The number of nitrogens with one attached hydrogen (secondary N) is 1. The van der Waals surface area contributed by atoms with Crippen LogP contribution in [-0.2, 0) is 12.8 Å². The molecule has 0 amide bonds. The Labute approximate surface area is 127 Å². The van der Waals surface area contributed by atoms with Gasteiger partial charge in [0.1, 0.15) is 5.75 Å². The SMILES string of the molecule is CCCN(CC)CCc1c[nH]c2ccc3c(c12)CCCO3. The van der Waals surface area contributed by atoms with Crippen LogP contribution in [0, 0.1) is 0 Å². The summed E-state index contributed by atoms with van der Waals surface area (Å²) in [5.41, 5.74) is 4.11. The van der Waals surface area contributed by atoms with Crippen LogP contribution < -0.4 is 4.74 Å². The molecule has 2 aromatic rings. The number of H-pyrrole nitrogens is 1. The van der Waals surface area contributed by atoms with Crippen LogP contribution in [0.2, 0.25) is 0 Å². The lowest BCUT2D eigenvalue weighted by molar-refractivity contribution is 0.289.